The van der Waals surface area contributed by atoms with Gasteiger partial charge in [0.2, 0.25) is 0 Å². The van der Waals surface area contributed by atoms with Crippen LogP contribution < -0.4 is 5.73 Å². The average molecular weight is 324 g/mol. The standard InChI is InChI=1S/C11H11F3N2O4S/c12-11(13,14)6-20-4-3-16-10(17)8-5-7(15)1-2-9(8)21(16,18)19/h1-2,5H,3-4,6,15H2. The van der Waals surface area contributed by atoms with Gasteiger partial charge in [0.25, 0.3) is 15.9 Å². The predicted octanol–water partition coefficient (Wildman–Crippen LogP) is 0.992. The highest BCUT2D eigenvalue weighted by atomic mass is 32.2. The average Bonchev–Trinajstić information content (AvgIpc) is 2.53. The molecule has 1 aromatic rings. The largest absolute Gasteiger partial charge is 0.411 e. The molecule has 10 heteroatoms. The van der Waals surface area contributed by atoms with Gasteiger partial charge in [-0.15, -0.1) is 0 Å². The summed E-state index contributed by atoms with van der Waals surface area (Å²) in [4.78, 5) is 11.8. The van der Waals surface area contributed by atoms with Gasteiger partial charge in [0.1, 0.15) is 11.5 Å². The van der Waals surface area contributed by atoms with Crippen LogP contribution in [-0.4, -0.2) is 44.6 Å². The molecule has 1 aliphatic heterocycles. The van der Waals surface area contributed by atoms with Crippen LogP contribution in [0.25, 0.3) is 0 Å². The van der Waals surface area contributed by atoms with Crippen LogP contribution >= 0.6 is 0 Å². The highest BCUT2D eigenvalue weighted by Crippen LogP contribution is 2.31. The highest BCUT2D eigenvalue weighted by molar-refractivity contribution is 7.90. The van der Waals surface area contributed by atoms with Crippen molar-refractivity contribution in [1.29, 1.82) is 0 Å². The maximum absolute atomic E-state index is 12.1. The lowest BCUT2D eigenvalue weighted by Gasteiger charge is -2.15. The minimum absolute atomic E-state index is 0.0918. The number of alkyl halides is 3. The summed E-state index contributed by atoms with van der Waals surface area (Å²) in [6.45, 7) is -2.55. The molecule has 0 bridgehead atoms. The first-order chi connectivity index (χ1) is 9.63. The fourth-order valence-electron chi connectivity index (χ4n) is 1.86. The summed E-state index contributed by atoms with van der Waals surface area (Å²) in [6.07, 6.45) is -4.51. The van der Waals surface area contributed by atoms with Crippen LogP contribution in [0, 0.1) is 0 Å². The normalized spacial score (nSPS) is 17.1. The number of carbonyl (C=O) groups excluding carboxylic acids is 1. The molecule has 2 rings (SSSR count). The van der Waals surface area contributed by atoms with Crippen molar-refractivity contribution in [2.75, 3.05) is 25.5 Å². The molecule has 0 saturated heterocycles. The second-order valence-corrected chi connectivity index (χ2v) is 6.14. The van der Waals surface area contributed by atoms with Gasteiger partial charge < -0.3 is 10.5 Å². The van der Waals surface area contributed by atoms with Crippen LogP contribution in [0.4, 0.5) is 18.9 Å². The molecule has 0 unspecified atom stereocenters. The molecule has 0 aromatic heterocycles. The number of nitrogens with zero attached hydrogens (tertiary/aromatic N) is 1. The van der Waals surface area contributed by atoms with Gasteiger partial charge in [-0.25, -0.2) is 12.7 Å². The van der Waals surface area contributed by atoms with Crippen LogP contribution in [0.2, 0.25) is 0 Å². The maximum Gasteiger partial charge on any atom is 0.411 e. The Labute approximate surface area is 118 Å². The van der Waals surface area contributed by atoms with Gasteiger partial charge in [-0.05, 0) is 18.2 Å². The second kappa shape index (κ2) is 5.19. The van der Waals surface area contributed by atoms with Crippen molar-refractivity contribution in [3.8, 4) is 0 Å². The molecule has 0 spiro atoms. The number of hydrogen-bond acceptors (Lipinski definition) is 5. The summed E-state index contributed by atoms with van der Waals surface area (Å²) in [5.41, 5.74) is 5.60. The SMILES string of the molecule is Nc1ccc2c(c1)C(=O)N(CCOCC(F)(F)F)S2(=O)=O. The molecule has 0 aliphatic carbocycles. The summed E-state index contributed by atoms with van der Waals surface area (Å²) in [6, 6.07) is 3.73. The monoisotopic (exact) mass is 324 g/mol. The van der Waals surface area contributed by atoms with Crippen LogP contribution in [-0.2, 0) is 14.8 Å². The lowest BCUT2D eigenvalue weighted by Crippen LogP contribution is -2.34. The van der Waals surface area contributed by atoms with Crippen LogP contribution in [0.3, 0.4) is 0 Å². The Kier molecular flexibility index (Phi) is 3.85. The van der Waals surface area contributed by atoms with Crippen LogP contribution in [0.5, 0.6) is 0 Å². The van der Waals surface area contributed by atoms with Crippen LogP contribution in [0.1, 0.15) is 10.4 Å². The highest BCUT2D eigenvalue weighted by Gasteiger charge is 2.41. The molecule has 0 atom stereocenters. The Morgan fingerprint density at radius 2 is 1.95 bits per heavy atom. The minimum atomic E-state index is -4.51. The number of nitrogen functional groups attached to an aromatic ring is 1. The van der Waals surface area contributed by atoms with Crippen molar-refractivity contribution >= 4 is 21.6 Å². The van der Waals surface area contributed by atoms with Crippen molar-refractivity contribution in [2.24, 2.45) is 0 Å². The molecule has 21 heavy (non-hydrogen) atoms. The third-order valence-corrected chi connectivity index (χ3v) is 4.57. The maximum atomic E-state index is 12.1. The molecule has 6 nitrogen and oxygen atoms in total. The number of halogens is 3. The molecule has 1 aliphatic rings. The Bertz CT molecular complexity index is 673. The Hall–Kier alpha value is -1.81. The molecule has 1 heterocycles. The fourth-order valence-corrected chi connectivity index (χ4v) is 3.39. The van der Waals surface area contributed by atoms with Gasteiger partial charge in [-0.3, -0.25) is 4.79 Å². The van der Waals surface area contributed by atoms with E-state index >= 15 is 0 Å². The summed E-state index contributed by atoms with van der Waals surface area (Å²) in [5.74, 6) is -0.826. The summed E-state index contributed by atoms with van der Waals surface area (Å²) in [7, 11) is -4.06. The lowest BCUT2D eigenvalue weighted by molar-refractivity contribution is -0.173. The van der Waals surface area contributed by atoms with E-state index in [0.717, 1.165) is 0 Å². The number of rotatable bonds is 4. The number of benzene rings is 1. The minimum Gasteiger partial charge on any atom is -0.399 e. The second-order valence-electron chi connectivity index (χ2n) is 4.31. The number of sulfonamides is 1. The van der Waals surface area contributed by atoms with Crippen molar-refractivity contribution < 1.29 is 31.1 Å². The lowest BCUT2D eigenvalue weighted by atomic mass is 10.2. The predicted molar refractivity (Wildman–Crippen MR) is 66.0 cm³/mol. The third kappa shape index (κ3) is 3.10. The molecule has 0 fully saturated rings. The topological polar surface area (TPSA) is 89.7 Å². The molecular formula is C11H11F3N2O4S. The number of hydrogen-bond donors (Lipinski definition) is 1. The number of carbonyl (C=O) groups is 1. The smallest absolute Gasteiger partial charge is 0.399 e. The van der Waals surface area contributed by atoms with Gasteiger partial charge in [-0.2, -0.15) is 13.2 Å². The quantitative estimate of drug-likeness (QED) is 0.659. The van der Waals surface area contributed by atoms with Crippen molar-refractivity contribution in [3.63, 3.8) is 0 Å². The van der Waals surface area contributed by atoms with Crippen molar-refractivity contribution in [2.45, 2.75) is 11.1 Å². The zero-order valence-corrected chi connectivity index (χ0v) is 11.4. The van der Waals surface area contributed by atoms with E-state index in [4.69, 9.17) is 5.73 Å². The van der Waals surface area contributed by atoms with E-state index in [1.165, 1.54) is 18.2 Å². The number of nitrogens with two attached hydrogens (primary N) is 1. The zero-order valence-electron chi connectivity index (χ0n) is 10.6. The molecule has 0 saturated carbocycles. The molecular weight excluding hydrogens is 313 g/mol. The van der Waals surface area contributed by atoms with Gasteiger partial charge in [0.05, 0.1) is 18.7 Å². The van der Waals surface area contributed by atoms with E-state index in [9.17, 15) is 26.4 Å². The van der Waals surface area contributed by atoms with Crippen molar-refractivity contribution in [1.82, 2.24) is 4.31 Å². The van der Waals surface area contributed by atoms with E-state index in [1.807, 2.05) is 0 Å². The Morgan fingerprint density at radius 1 is 1.29 bits per heavy atom. The first-order valence-corrected chi connectivity index (χ1v) is 7.18. The third-order valence-electron chi connectivity index (χ3n) is 2.73. The number of amides is 1. The number of fused-ring (bicyclic) bond motifs is 1. The van der Waals surface area contributed by atoms with Crippen molar-refractivity contribution in [3.05, 3.63) is 23.8 Å². The van der Waals surface area contributed by atoms with Gasteiger partial charge >= 0.3 is 6.18 Å². The Balaban J connectivity index is 2.11. The first-order valence-electron chi connectivity index (χ1n) is 5.74. The number of anilines is 1. The van der Waals surface area contributed by atoms with Gasteiger partial charge in [0, 0.05) is 5.69 Å². The van der Waals surface area contributed by atoms with E-state index < -0.39 is 41.9 Å². The van der Waals surface area contributed by atoms with E-state index in [2.05, 4.69) is 4.74 Å². The molecule has 0 radical (unpaired) electrons. The fraction of sp³-hybridized carbons (Fsp3) is 0.364. The molecule has 1 amide bonds. The summed E-state index contributed by atoms with van der Waals surface area (Å²) in [5, 5.41) is 0. The molecule has 2 N–H and O–H groups in total. The zero-order chi connectivity index (χ0) is 15.8. The summed E-state index contributed by atoms with van der Waals surface area (Å²) < 4.78 is 64.7. The van der Waals surface area contributed by atoms with E-state index in [0.29, 0.717) is 4.31 Å². The molecule has 116 valence electrons. The summed E-state index contributed by atoms with van der Waals surface area (Å²) >= 11 is 0. The van der Waals surface area contributed by atoms with Crippen LogP contribution in [0.15, 0.2) is 23.1 Å². The Morgan fingerprint density at radius 3 is 2.57 bits per heavy atom. The molecule has 1 aromatic carbocycles. The first kappa shape index (κ1) is 15.6. The number of ether oxygens (including phenoxy) is 1. The van der Waals surface area contributed by atoms with Gasteiger partial charge in [0.15, 0.2) is 0 Å². The van der Waals surface area contributed by atoms with E-state index in [-0.39, 0.29) is 16.1 Å². The van der Waals surface area contributed by atoms with E-state index in [1.54, 1.807) is 0 Å². The van der Waals surface area contributed by atoms with Gasteiger partial charge in [-0.1, -0.05) is 0 Å².